The van der Waals surface area contributed by atoms with E-state index in [0.717, 1.165) is 45.3 Å². The van der Waals surface area contributed by atoms with Crippen LogP contribution in [0, 0.1) is 5.92 Å². The van der Waals surface area contributed by atoms with Gasteiger partial charge in [-0.2, -0.15) is 0 Å². The smallest absolute Gasteiger partial charge is 0.238 e. The van der Waals surface area contributed by atoms with Crippen LogP contribution in [-0.2, 0) is 4.79 Å². The van der Waals surface area contributed by atoms with Crippen molar-refractivity contribution in [2.24, 2.45) is 11.7 Å². The van der Waals surface area contributed by atoms with Crippen molar-refractivity contribution in [3.8, 4) is 0 Å². The van der Waals surface area contributed by atoms with E-state index in [4.69, 9.17) is 5.73 Å². The molecule has 0 spiro atoms. The maximum Gasteiger partial charge on any atom is 0.238 e. The van der Waals surface area contributed by atoms with Gasteiger partial charge in [0.05, 0.1) is 0 Å². The Bertz CT molecular complexity index is 313. The lowest BCUT2D eigenvalue weighted by Gasteiger charge is -2.36. The lowest BCUT2D eigenvalue weighted by Crippen LogP contribution is -2.60. The van der Waals surface area contributed by atoms with Crippen molar-refractivity contribution >= 4 is 5.91 Å². The molecular formula is C17H35N3O. The van der Waals surface area contributed by atoms with Gasteiger partial charge in [-0.15, -0.1) is 0 Å². The van der Waals surface area contributed by atoms with Crippen molar-refractivity contribution in [2.45, 2.75) is 77.8 Å². The van der Waals surface area contributed by atoms with Gasteiger partial charge in [-0.1, -0.05) is 20.3 Å². The van der Waals surface area contributed by atoms with Crippen LogP contribution in [0.25, 0.3) is 0 Å². The number of nitrogens with one attached hydrogen (secondary N) is 1. The molecular weight excluding hydrogens is 262 g/mol. The Labute approximate surface area is 130 Å². The van der Waals surface area contributed by atoms with E-state index in [-0.39, 0.29) is 5.91 Å². The van der Waals surface area contributed by atoms with E-state index >= 15 is 0 Å². The number of hydrogen-bond donors (Lipinski definition) is 2. The molecule has 0 aromatic carbocycles. The minimum Gasteiger partial charge on any atom is -0.368 e. The molecule has 21 heavy (non-hydrogen) atoms. The maximum absolute atomic E-state index is 12.1. The SMILES string of the molecule is CCCN(CCC)CCC1CCCC1(NC(C)C)C(N)=O. The Kier molecular flexibility index (Phi) is 7.67. The number of amides is 1. The predicted molar refractivity (Wildman–Crippen MR) is 89.2 cm³/mol. The van der Waals surface area contributed by atoms with Crippen LogP contribution in [0.4, 0.5) is 0 Å². The van der Waals surface area contributed by atoms with E-state index in [2.05, 4.69) is 37.9 Å². The van der Waals surface area contributed by atoms with Gasteiger partial charge >= 0.3 is 0 Å². The van der Waals surface area contributed by atoms with Crippen LogP contribution in [-0.4, -0.2) is 42.0 Å². The fraction of sp³-hybridized carbons (Fsp3) is 0.941. The lowest BCUT2D eigenvalue weighted by atomic mass is 9.83. The van der Waals surface area contributed by atoms with Gasteiger partial charge in [-0.05, 0) is 71.5 Å². The Morgan fingerprint density at radius 3 is 2.38 bits per heavy atom. The van der Waals surface area contributed by atoms with Gasteiger partial charge in [-0.25, -0.2) is 0 Å². The van der Waals surface area contributed by atoms with E-state index in [1.165, 1.54) is 12.8 Å². The van der Waals surface area contributed by atoms with Gasteiger partial charge in [0.15, 0.2) is 0 Å². The summed E-state index contributed by atoms with van der Waals surface area (Å²) in [5, 5.41) is 3.50. The highest BCUT2D eigenvalue weighted by Gasteiger charge is 2.47. The largest absolute Gasteiger partial charge is 0.368 e. The fourth-order valence-corrected chi connectivity index (χ4v) is 3.88. The van der Waals surface area contributed by atoms with Crippen molar-refractivity contribution in [3.63, 3.8) is 0 Å². The molecule has 1 aliphatic rings. The summed E-state index contributed by atoms with van der Waals surface area (Å²) < 4.78 is 0. The first-order valence-electron chi connectivity index (χ1n) is 8.76. The highest BCUT2D eigenvalue weighted by molar-refractivity contribution is 5.85. The summed E-state index contributed by atoms with van der Waals surface area (Å²) in [6.45, 7) is 12.0. The molecule has 1 rings (SSSR count). The normalized spacial score (nSPS) is 25.9. The number of nitrogens with zero attached hydrogens (tertiary/aromatic N) is 1. The first kappa shape index (κ1) is 18.4. The van der Waals surface area contributed by atoms with Crippen LogP contribution < -0.4 is 11.1 Å². The monoisotopic (exact) mass is 297 g/mol. The molecule has 124 valence electrons. The van der Waals surface area contributed by atoms with E-state index in [0.29, 0.717) is 12.0 Å². The van der Waals surface area contributed by atoms with E-state index in [1.54, 1.807) is 0 Å². The van der Waals surface area contributed by atoms with Crippen molar-refractivity contribution in [2.75, 3.05) is 19.6 Å². The van der Waals surface area contributed by atoms with Crippen molar-refractivity contribution in [1.82, 2.24) is 10.2 Å². The maximum atomic E-state index is 12.1. The van der Waals surface area contributed by atoms with Crippen molar-refractivity contribution in [1.29, 1.82) is 0 Å². The van der Waals surface area contributed by atoms with Gasteiger partial charge in [0.25, 0.3) is 0 Å². The summed E-state index contributed by atoms with van der Waals surface area (Å²) in [5.41, 5.74) is 5.31. The van der Waals surface area contributed by atoms with Gasteiger partial charge in [-0.3, -0.25) is 4.79 Å². The predicted octanol–water partition coefficient (Wildman–Crippen LogP) is 2.52. The molecule has 0 aliphatic heterocycles. The molecule has 0 heterocycles. The molecule has 1 aliphatic carbocycles. The van der Waals surface area contributed by atoms with E-state index < -0.39 is 5.54 Å². The molecule has 0 saturated heterocycles. The summed E-state index contributed by atoms with van der Waals surface area (Å²) >= 11 is 0. The third kappa shape index (κ3) is 4.96. The fourth-order valence-electron chi connectivity index (χ4n) is 3.88. The summed E-state index contributed by atoms with van der Waals surface area (Å²) in [6, 6.07) is 0.292. The summed E-state index contributed by atoms with van der Waals surface area (Å²) in [5.74, 6) is 0.227. The van der Waals surface area contributed by atoms with Gasteiger partial charge in [0.2, 0.25) is 5.91 Å². The summed E-state index contributed by atoms with van der Waals surface area (Å²) in [7, 11) is 0. The van der Waals surface area contributed by atoms with Crippen molar-refractivity contribution < 1.29 is 4.79 Å². The summed E-state index contributed by atoms with van der Waals surface area (Å²) in [4.78, 5) is 14.6. The zero-order valence-corrected chi connectivity index (χ0v) is 14.5. The molecule has 3 N–H and O–H groups in total. The molecule has 0 aromatic rings. The third-order valence-corrected chi connectivity index (χ3v) is 4.68. The first-order chi connectivity index (χ1) is 9.96. The average molecular weight is 297 g/mol. The number of carbonyl (C=O) groups excluding carboxylic acids is 1. The van der Waals surface area contributed by atoms with Gasteiger partial charge in [0, 0.05) is 6.04 Å². The molecule has 2 atom stereocenters. The number of nitrogens with two attached hydrogens (primary N) is 1. The number of hydrogen-bond acceptors (Lipinski definition) is 3. The molecule has 1 saturated carbocycles. The van der Waals surface area contributed by atoms with Crippen LogP contribution in [0.5, 0.6) is 0 Å². The zero-order chi connectivity index (χ0) is 15.9. The van der Waals surface area contributed by atoms with Crippen LogP contribution in [0.1, 0.15) is 66.2 Å². The number of carbonyl (C=O) groups is 1. The minimum absolute atomic E-state index is 0.156. The molecule has 0 aromatic heterocycles. The third-order valence-electron chi connectivity index (χ3n) is 4.68. The van der Waals surface area contributed by atoms with Crippen LogP contribution in [0.2, 0.25) is 0 Å². The van der Waals surface area contributed by atoms with Gasteiger partial charge < -0.3 is 16.0 Å². The topological polar surface area (TPSA) is 58.4 Å². The van der Waals surface area contributed by atoms with E-state index in [1.807, 2.05) is 0 Å². The molecule has 0 bridgehead atoms. The van der Waals surface area contributed by atoms with Crippen molar-refractivity contribution in [3.05, 3.63) is 0 Å². The second-order valence-electron chi connectivity index (χ2n) is 6.85. The minimum atomic E-state index is -0.474. The first-order valence-corrected chi connectivity index (χ1v) is 8.76. The Balaban J connectivity index is 2.68. The quantitative estimate of drug-likeness (QED) is 0.651. The molecule has 0 radical (unpaired) electrons. The molecule has 2 unspecified atom stereocenters. The highest BCUT2D eigenvalue weighted by atomic mass is 16.1. The number of primary amides is 1. The Morgan fingerprint density at radius 2 is 1.90 bits per heavy atom. The van der Waals surface area contributed by atoms with E-state index in [9.17, 15) is 4.79 Å². The van der Waals surface area contributed by atoms with Crippen LogP contribution >= 0.6 is 0 Å². The lowest BCUT2D eigenvalue weighted by molar-refractivity contribution is -0.126. The number of rotatable bonds is 10. The molecule has 1 amide bonds. The molecule has 4 nitrogen and oxygen atoms in total. The Morgan fingerprint density at radius 1 is 1.29 bits per heavy atom. The average Bonchev–Trinajstić information content (AvgIpc) is 2.80. The second-order valence-corrected chi connectivity index (χ2v) is 6.85. The Hall–Kier alpha value is -0.610. The zero-order valence-electron chi connectivity index (χ0n) is 14.5. The highest BCUT2D eigenvalue weighted by Crippen LogP contribution is 2.38. The summed E-state index contributed by atoms with van der Waals surface area (Å²) in [6.07, 6.45) is 6.57. The molecule has 1 fully saturated rings. The van der Waals surface area contributed by atoms with Crippen LogP contribution in [0.3, 0.4) is 0 Å². The standard InChI is InChI=1S/C17H35N3O/c1-5-11-20(12-6-2)13-9-15-8-7-10-17(15,16(18)21)19-14(3)4/h14-15,19H,5-13H2,1-4H3,(H2,18,21). The molecule has 4 heteroatoms. The second kappa shape index (κ2) is 8.74. The van der Waals surface area contributed by atoms with Gasteiger partial charge in [0.1, 0.15) is 5.54 Å². The van der Waals surface area contributed by atoms with Crippen LogP contribution in [0.15, 0.2) is 0 Å².